The number of aromatic nitrogens is 3. The zero-order valence-electron chi connectivity index (χ0n) is 17.4. The third-order valence-electron chi connectivity index (χ3n) is 5.83. The molecule has 0 atom stereocenters. The van der Waals surface area contributed by atoms with Gasteiger partial charge in [-0.2, -0.15) is 0 Å². The molecule has 6 nitrogen and oxygen atoms in total. The number of benzene rings is 1. The summed E-state index contributed by atoms with van der Waals surface area (Å²) in [4.78, 5) is 6.51. The summed E-state index contributed by atoms with van der Waals surface area (Å²) < 4.78 is 7.11. The van der Waals surface area contributed by atoms with Gasteiger partial charge in [-0.3, -0.25) is 0 Å². The molecule has 0 bridgehead atoms. The van der Waals surface area contributed by atoms with Crippen molar-refractivity contribution in [3.63, 3.8) is 0 Å². The first-order chi connectivity index (χ1) is 14.4. The molecule has 3 aromatic rings. The van der Waals surface area contributed by atoms with Gasteiger partial charge < -0.3 is 14.6 Å². The number of hydrogen-bond acceptors (Lipinski definition) is 6. The number of rotatable bonds is 5. The van der Waals surface area contributed by atoms with Crippen LogP contribution in [0.15, 0.2) is 39.4 Å². The van der Waals surface area contributed by atoms with E-state index >= 15 is 0 Å². The predicted molar refractivity (Wildman–Crippen MR) is 124 cm³/mol. The van der Waals surface area contributed by atoms with E-state index in [-0.39, 0.29) is 0 Å². The average molecular weight is 491 g/mol. The van der Waals surface area contributed by atoms with E-state index in [1.54, 1.807) is 12.3 Å². The van der Waals surface area contributed by atoms with Gasteiger partial charge in [0, 0.05) is 35.9 Å². The van der Waals surface area contributed by atoms with Gasteiger partial charge in [0.15, 0.2) is 0 Å². The predicted octanol–water partition coefficient (Wildman–Crippen LogP) is 5.35. The zero-order valence-corrected chi connectivity index (χ0v) is 19.7. The fourth-order valence-electron chi connectivity index (χ4n) is 4.01. The molecule has 2 aromatic heterocycles. The van der Waals surface area contributed by atoms with Gasteiger partial charge in [0.1, 0.15) is 5.15 Å². The lowest BCUT2D eigenvalue weighted by atomic mass is 9.80. The monoisotopic (exact) mass is 489 g/mol. The van der Waals surface area contributed by atoms with E-state index in [2.05, 4.69) is 54.3 Å². The summed E-state index contributed by atoms with van der Waals surface area (Å²) in [7, 11) is 2.02. The molecule has 0 radical (unpaired) electrons. The molecular weight excluding hydrogens is 466 g/mol. The van der Waals surface area contributed by atoms with E-state index in [1.807, 2.05) is 26.1 Å². The highest BCUT2D eigenvalue weighted by Crippen LogP contribution is 2.38. The normalized spacial score (nSPS) is 16.1. The van der Waals surface area contributed by atoms with Crippen LogP contribution in [0.5, 0.6) is 0 Å². The molecule has 1 fully saturated rings. The van der Waals surface area contributed by atoms with E-state index in [4.69, 9.17) is 16.0 Å². The largest absolute Gasteiger partial charge is 0.416 e. The van der Waals surface area contributed by atoms with Crippen molar-refractivity contribution in [2.24, 2.45) is 5.41 Å². The number of hydrogen-bond donors (Lipinski definition) is 1. The minimum atomic E-state index is 0.327. The van der Waals surface area contributed by atoms with Crippen LogP contribution < -0.4 is 10.2 Å². The van der Waals surface area contributed by atoms with Gasteiger partial charge in [0.2, 0.25) is 11.8 Å². The van der Waals surface area contributed by atoms with Crippen molar-refractivity contribution in [1.82, 2.24) is 20.5 Å². The van der Waals surface area contributed by atoms with Crippen LogP contribution >= 0.6 is 27.5 Å². The lowest BCUT2D eigenvalue weighted by molar-refractivity contribution is 0.243. The highest BCUT2D eigenvalue weighted by atomic mass is 79.9. The Morgan fingerprint density at radius 1 is 1.17 bits per heavy atom. The van der Waals surface area contributed by atoms with Crippen molar-refractivity contribution in [2.45, 2.75) is 26.7 Å². The summed E-state index contributed by atoms with van der Waals surface area (Å²) in [6, 6.07) is 7.93. The maximum Gasteiger partial charge on any atom is 0.250 e. The molecule has 158 valence electrons. The topological polar surface area (TPSA) is 67.1 Å². The first kappa shape index (κ1) is 21.3. The summed E-state index contributed by atoms with van der Waals surface area (Å²) in [5.41, 5.74) is 4.11. The third kappa shape index (κ3) is 4.38. The second-order valence-electron chi connectivity index (χ2n) is 8.22. The molecule has 30 heavy (non-hydrogen) atoms. The van der Waals surface area contributed by atoms with E-state index in [9.17, 15) is 0 Å². The molecule has 1 saturated heterocycles. The number of aryl methyl sites for hydroxylation is 1. The van der Waals surface area contributed by atoms with Crippen LogP contribution in [0.1, 0.15) is 25.3 Å². The van der Waals surface area contributed by atoms with Gasteiger partial charge in [0.25, 0.3) is 0 Å². The van der Waals surface area contributed by atoms with Crippen molar-refractivity contribution in [1.29, 1.82) is 0 Å². The van der Waals surface area contributed by atoms with Crippen LogP contribution in [0.25, 0.3) is 22.9 Å². The van der Waals surface area contributed by atoms with Crippen molar-refractivity contribution in [3.05, 3.63) is 45.7 Å². The summed E-state index contributed by atoms with van der Waals surface area (Å²) >= 11 is 9.68. The highest BCUT2D eigenvalue weighted by Gasteiger charge is 2.31. The van der Waals surface area contributed by atoms with E-state index in [1.165, 1.54) is 0 Å². The molecule has 3 heterocycles. The molecule has 0 saturated carbocycles. The van der Waals surface area contributed by atoms with Crippen LogP contribution in [0.2, 0.25) is 5.15 Å². The fraction of sp³-hybridized carbons (Fsp3) is 0.409. The Morgan fingerprint density at radius 2 is 1.87 bits per heavy atom. The van der Waals surface area contributed by atoms with Crippen LogP contribution in [0, 0.1) is 12.3 Å². The van der Waals surface area contributed by atoms with Crippen molar-refractivity contribution in [2.75, 3.05) is 31.6 Å². The Morgan fingerprint density at radius 3 is 2.57 bits per heavy atom. The number of halogens is 2. The smallest absolute Gasteiger partial charge is 0.250 e. The number of piperidine rings is 1. The van der Waals surface area contributed by atoms with E-state index < -0.39 is 0 Å². The molecule has 1 aliphatic rings. The summed E-state index contributed by atoms with van der Waals surface area (Å²) in [6.07, 6.45) is 3.97. The number of anilines is 1. The molecule has 1 aliphatic heterocycles. The van der Waals surface area contributed by atoms with Crippen molar-refractivity contribution in [3.8, 4) is 22.9 Å². The van der Waals surface area contributed by atoms with Gasteiger partial charge in [-0.15, -0.1) is 10.2 Å². The van der Waals surface area contributed by atoms with Crippen LogP contribution in [-0.2, 0) is 0 Å². The Bertz CT molecular complexity index is 1050. The first-order valence-corrected chi connectivity index (χ1v) is 11.2. The SMILES string of the molecule is CNCC1(C)CCN(c2cc(Br)ccc2-c2nnc(-c3cc(Cl)ncc3C)o2)CC1. The molecule has 0 spiro atoms. The molecule has 4 rings (SSSR count). The Balaban J connectivity index is 1.65. The van der Waals surface area contributed by atoms with Gasteiger partial charge in [-0.05, 0) is 62.1 Å². The van der Waals surface area contributed by atoms with Gasteiger partial charge in [-0.25, -0.2) is 4.98 Å². The fourth-order valence-corrected chi connectivity index (χ4v) is 4.51. The number of nitrogens with one attached hydrogen (secondary N) is 1. The molecule has 1 aromatic carbocycles. The maximum absolute atomic E-state index is 6.08. The standard InChI is InChI=1S/C22H25BrClN5O/c1-14-12-26-19(24)11-17(14)21-28-27-20(30-21)16-5-4-15(23)10-18(16)29-8-6-22(2,7-9-29)13-25-3/h4-5,10-12,25H,6-9,13H2,1-3H3. The summed E-state index contributed by atoms with van der Waals surface area (Å²) in [6.45, 7) is 7.31. The summed E-state index contributed by atoms with van der Waals surface area (Å²) in [5, 5.41) is 12.4. The minimum Gasteiger partial charge on any atom is -0.416 e. The van der Waals surface area contributed by atoms with Gasteiger partial charge in [-0.1, -0.05) is 34.5 Å². The van der Waals surface area contributed by atoms with Crippen LogP contribution in [-0.4, -0.2) is 41.9 Å². The highest BCUT2D eigenvalue weighted by molar-refractivity contribution is 9.10. The Labute approximate surface area is 190 Å². The quantitative estimate of drug-likeness (QED) is 0.486. The number of nitrogens with zero attached hydrogens (tertiary/aromatic N) is 4. The molecule has 8 heteroatoms. The maximum atomic E-state index is 6.08. The lowest BCUT2D eigenvalue weighted by Gasteiger charge is -2.41. The second-order valence-corrected chi connectivity index (χ2v) is 9.53. The minimum absolute atomic E-state index is 0.327. The Hall–Kier alpha value is -1.96. The van der Waals surface area contributed by atoms with Crippen LogP contribution in [0.4, 0.5) is 5.69 Å². The zero-order chi connectivity index (χ0) is 21.3. The molecule has 1 N–H and O–H groups in total. The van der Waals surface area contributed by atoms with Gasteiger partial charge in [0.05, 0.1) is 11.3 Å². The molecular formula is C22H25BrClN5O. The average Bonchev–Trinajstić information content (AvgIpc) is 3.20. The van der Waals surface area contributed by atoms with Crippen molar-refractivity contribution >= 4 is 33.2 Å². The Kier molecular flexibility index (Phi) is 6.14. The third-order valence-corrected chi connectivity index (χ3v) is 6.53. The second kappa shape index (κ2) is 8.65. The summed E-state index contributed by atoms with van der Waals surface area (Å²) in [5.74, 6) is 0.948. The number of pyridine rings is 1. The van der Waals surface area contributed by atoms with E-state index in [0.29, 0.717) is 22.3 Å². The lowest BCUT2D eigenvalue weighted by Crippen LogP contribution is -2.43. The first-order valence-electron chi connectivity index (χ1n) is 10.0. The van der Waals surface area contributed by atoms with E-state index in [0.717, 1.165) is 59.3 Å². The molecule has 0 unspecified atom stereocenters. The molecule has 0 amide bonds. The molecule has 0 aliphatic carbocycles. The van der Waals surface area contributed by atoms with Gasteiger partial charge >= 0.3 is 0 Å². The van der Waals surface area contributed by atoms with Crippen LogP contribution in [0.3, 0.4) is 0 Å². The van der Waals surface area contributed by atoms with Crippen molar-refractivity contribution < 1.29 is 4.42 Å².